The van der Waals surface area contributed by atoms with Crippen molar-refractivity contribution in [2.45, 2.75) is 45.6 Å². The molecule has 2 nitrogen and oxygen atoms in total. The van der Waals surface area contributed by atoms with Crippen molar-refractivity contribution < 1.29 is 0 Å². The fraction of sp³-hybridized carbons (Fsp3) is 0.643. The van der Waals surface area contributed by atoms with Crippen LogP contribution in [0.15, 0.2) is 18.5 Å². The maximum atomic E-state index is 4.29. The van der Waals surface area contributed by atoms with Crippen molar-refractivity contribution in [3.63, 3.8) is 0 Å². The Hall–Kier alpha value is -0.890. The summed E-state index contributed by atoms with van der Waals surface area (Å²) in [5, 5.41) is 0. The Labute approximate surface area is 98.7 Å². The fourth-order valence-corrected chi connectivity index (χ4v) is 2.72. The standard InChI is InChI=1S/C14H22N2/c1-3-9-16-10-5-4-6-14(16)13-11-15-8-7-12(13)2/h7-8,11,14H,3-6,9-10H2,1-2H3. The molecule has 2 heteroatoms. The maximum Gasteiger partial charge on any atom is 0.0366 e. The number of likely N-dealkylation sites (tertiary alicyclic amines) is 1. The van der Waals surface area contributed by atoms with E-state index in [1.54, 1.807) is 0 Å². The maximum absolute atomic E-state index is 4.29. The van der Waals surface area contributed by atoms with E-state index in [2.05, 4.69) is 36.0 Å². The van der Waals surface area contributed by atoms with Crippen LogP contribution in [0.5, 0.6) is 0 Å². The number of hydrogen-bond donors (Lipinski definition) is 0. The summed E-state index contributed by atoms with van der Waals surface area (Å²) in [6.07, 6.45) is 9.22. The molecule has 2 heterocycles. The molecule has 1 aromatic rings. The zero-order chi connectivity index (χ0) is 11.4. The number of piperidine rings is 1. The molecular weight excluding hydrogens is 196 g/mol. The molecule has 1 atom stereocenters. The second kappa shape index (κ2) is 5.44. The molecule has 1 aliphatic heterocycles. The predicted molar refractivity (Wildman–Crippen MR) is 67.4 cm³/mol. The van der Waals surface area contributed by atoms with E-state index in [1.807, 2.05) is 6.20 Å². The van der Waals surface area contributed by atoms with Gasteiger partial charge in [0.2, 0.25) is 0 Å². The van der Waals surface area contributed by atoms with E-state index in [9.17, 15) is 0 Å². The molecular formula is C14H22N2. The number of nitrogens with zero attached hydrogens (tertiary/aromatic N) is 2. The Morgan fingerprint density at radius 1 is 1.44 bits per heavy atom. The summed E-state index contributed by atoms with van der Waals surface area (Å²) in [4.78, 5) is 6.92. The highest BCUT2D eigenvalue weighted by Crippen LogP contribution is 2.31. The summed E-state index contributed by atoms with van der Waals surface area (Å²) in [5.41, 5.74) is 2.83. The summed E-state index contributed by atoms with van der Waals surface area (Å²) in [5.74, 6) is 0. The van der Waals surface area contributed by atoms with E-state index in [0.717, 1.165) is 0 Å². The highest BCUT2D eigenvalue weighted by molar-refractivity contribution is 5.25. The average Bonchev–Trinajstić information content (AvgIpc) is 2.31. The molecule has 0 aromatic carbocycles. The summed E-state index contributed by atoms with van der Waals surface area (Å²) in [6, 6.07) is 2.75. The molecule has 0 aliphatic carbocycles. The van der Waals surface area contributed by atoms with Gasteiger partial charge >= 0.3 is 0 Å². The monoisotopic (exact) mass is 218 g/mol. The molecule has 88 valence electrons. The molecule has 0 saturated carbocycles. The molecule has 16 heavy (non-hydrogen) atoms. The fourth-order valence-electron chi connectivity index (χ4n) is 2.72. The van der Waals surface area contributed by atoms with Gasteiger partial charge in [-0.3, -0.25) is 9.88 Å². The van der Waals surface area contributed by atoms with E-state index in [0.29, 0.717) is 6.04 Å². The second-order valence-electron chi connectivity index (χ2n) is 4.78. The van der Waals surface area contributed by atoms with Gasteiger partial charge in [-0.15, -0.1) is 0 Å². The number of rotatable bonds is 3. The van der Waals surface area contributed by atoms with Crippen LogP contribution >= 0.6 is 0 Å². The molecule has 1 aromatic heterocycles. The van der Waals surface area contributed by atoms with Gasteiger partial charge in [0.05, 0.1) is 0 Å². The Kier molecular flexibility index (Phi) is 3.94. The van der Waals surface area contributed by atoms with Crippen LogP contribution in [0, 0.1) is 6.92 Å². The Bertz CT molecular complexity index is 333. The van der Waals surface area contributed by atoms with E-state index < -0.39 is 0 Å². The SMILES string of the molecule is CCCN1CCCCC1c1cnccc1C. The lowest BCUT2D eigenvalue weighted by Gasteiger charge is -2.36. The van der Waals surface area contributed by atoms with Crippen LogP contribution in [-0.4, -0.2) is 23.0 Å². The molecule has 0 amide bonds. The minimum absolute atomic E-state index is 0.613. The van der Waals surface area contributed by atoms with Crippen molar-refractivity contribution >= 4 is 0 Å². The van der Waals surface area contributed by atoms with Crippen molar-refractivity contribution in [3.8, 4) is 0 Å². The number of hydrogen-bond acceptors (Lipinski definition) is 2. The third-order valence-electron chi connectivity index (χ3n) is 3.56. The normalized spacial score (nSPS) is 22.2. The lowest BCUT2D eigenvalue weighted by Crippen LogP contribution is -2.34. The molecule has 0 radical (unpaired) electrons. The first-order valence-electron chi connectivity index (χ1n) is 6.47. The van der Waals surface area contributed by atoms with Crippen LogP contribution in [0.3, 0.4) is 0 Å². The highest BCUT2D eigenvalue weighted by Gasteiger charge is 2.24. The predicted octanol–water partition coefficient (Wildman–Crippen LogP) is 3.33. The lowest BCUT2D eigenvalue weighted by molar-refractivity contribution is 0.148. The van der Waals surface area contributed by atoms with Crippen LogP contribution < -0.4 is 0 Å². The summed E-state index contributed by atoms with van der Waals surface area (Å²) >= 11 is 0. The molecule has 0 bridgehead atoms. The van der Waals surface area contributed by atoms with Gasteiger partial charge < -0.3 is 0 Å². The Morgan fingerprint density at radius 2 is 2.31 bits per heavy atom. The molecule has 2 rings (SSSR count). The van der Waals surface area contributed by atoms with Gasteiger partial charge in [0.1, 0.15) is 0 Å². The van der Waals surface area contributed by atoms with Gasteiger partial charge in [-0.1, -0.05) is 13.3 Å². The first kappa shape index (κ1) is 11.6. The van der Waals surface area contributed by atoms with E-state index in [1.165, 1.54) is 49.9 Å². The molecule has 1 fully saturated rings. The molecule has 0 spiro atoms. The van der Waals surface area contributed by atoms with Crippen LogP contribution in [0.25, 0.3) is 0 Å². The van der Waals surface area contributed by atoms with Gasteiger partial charge in [-0.25, -0.2) is 0 Å². The minimum atomic E-state index is 0.613. The molecule has 0 N–H and O–H groups in total. The minimum Gasteiger partial charge on any atom is -0.296 e. The van der Waals surface area contributed by atoms with Crippen LogP contribution in [0.1, 0.15) is 49.8 Å². The molecule has 1 saturated heterocycles. The molecule has 1 aliphatic rings. The highest BCUT2D eigenvalue weighted by atomic mass is 15.2. The molecule has 1 unspecified atom stereocenters. The van der Waals surface area contributed by atoms with E-state index >= 15 is 0 Å². The quantitative estimate of drug-likeness (QED) is 0.773. The number of aryl methyl sites for hydroxylation is 1. The van der Waals surface area contributed by atoms with Gasteiger partial charge in [0.15, 0.2) is 0 Å². The van der Waals surface area contributed by atoms with Crippen molar-refractivity contribution in [3.05, 3.63) is 29.6 Å². The van der Waals surface area contributed by atoms with Gasteiger partial charge in [-0.2, -0.15) is 0 Å². The zero-order valence-electron chi connectivity index (χ0n) is 10.4. The van der Waals surface area contributed by atoms with Crippen LogP contribution in [0.4, 0.5) is 0 Å². The van der Waals surface area contributed by atoms with Gasteiger partial charge in [-0.05, 0) is 56.5 Å². The third kappa shape index (κ3) is 2.43. The van der Waals surface area contributed by atoms with E-state index in [-0.39, 0.29) is 0 Å². The van der Waals surface area contributed by atoms with Crippen molar-refractivity contribution in [2.75, 3.05) is 13.1 Å². The van der Waals surface area contributed by atoms with Crippen LogP contribution in [-0.2, 0) is 0 Å². The van der Waals surface area contributed by atoms with Gasteiger partial charge in [0.25, 0.3) is 0 Å². The summed E-state index contributed by atoms with van der Waals surface area (Å²) < 4.78 is 0. The Balaban J connectivity index is 2.19. The smallest absolute Gasteiger partial charge is 0.0366 e. The number of pyridine rings is 1. The Morgan fingerprint density at radius 3 is 3.06 bits per heavy atom. The van der Waals surface area contributed by atoms with E-state index in [4.69, 9.17) is 0 Å². The first-order chi connectivity index (χ1) is 7.83. The number of aromatic nitrogens is 1. The summed E-state index contributed by atoms with van der Waals surface area (Å²) in [7, 11) is 0. The lowest BCUT2D eigenvalue weighted by atomic mass is 9.93. The second-order valence-corrected chi connectivity index (χ2v) is 4.78. The van der Waals surface area contributed by atoms with Crippen LogP contribution in [0.2, 0.25) is 0 Å². The first-order valence-corrected chi connectivity index (χ1v) is 6.47. The van der Waals surface area contributed by atoms with Crippen molar-refractivity contribution in [1.82, 2.24) is 9.88 Å². The topological polar surface area (TPSA) is 16.1 Å². The third-order valence-corrected chi connectivity index (χ3v) is 3.56. The van der Waals surface area contributed by atoms with Gasteiger partial charge in [0, 0.05) is 18.4 Å². The van der Waals surface area contributed by atoms with Crippen molar-refractivity contribution in [1.29, 1.82) is 0 Å². The van der Waals surface area contributed by atoms with Crippen molar-refractivity contribution in [2.24, 2.45) is 0 Å². The summed E-state index contributed by atoms with van der Waals surface area (Å²) in [6.45, 7) is 6.95. The zero-order valence-corrected chi connectivity index (χ0v) is 10.4. The average molecular weight is 218 g/mol. The largest absolute Gasteiger partial charge is 0.296 e.